The van der Waals surface area contributed by atoms with Crippen molar-refractivity contribution in [2.45, 2.75) is 19.9 Å². The van der Waals surface area contributed by atoms with Crippen LogP contribution in [0.15, 0.2) is 42.5 Å². The van der Waals surface area contributed by atoms with Gasteiger partial charge in [0.15, 0.2) is 0 Å². The normalized spacial score (nSPS) is 13.3. The van der Waals surface area contributed by atoms with Crippen LogP contribution < -0.4 is 5.73 Å². The molecule has 0 unspecified atom stereocenters. The summed E-state index contributed by atoms with van der Waals surface area (Å²) in [6.07, 6.45) is 0. The van der Waals surface area contributed by atoms with E-state index in [0.717, 1.165) is 0 Å². The largest absolute Gasteiger partial charge is 0.324 e. The monoisotopic (exact) mass is 199 g/mol. The SMILES string of the molecule is CC(C)[C@H](N)c1cccc2ccccc12. The Balaban J connectivity index is 2.60. The topological polar surface area (TPSA) is 26.0 Å². The van der Waals surface area contributed by atoms with Crippen LogP contribution >= 0.6 is 0 Å². The Labute approximate surface area is 90.9 Å². The molecule has 2 aromatic carbocycles. The summed E-state index contributed by atoms with van der Waals surface area (Å²) in [5.41, 5.74) is 7.46. The van der Waals surface area contributed by atoms with Gasteiger partial charge in [-0.3, -0.25) is 0 Å². The lowest BCUT2D eigenvalue weighted by molar-refractivity contribution is 0.517. The molecule has 1 atom stereocenters. The van der Waals surface area contributed by atoms with E-state index < -0.39 is 0 Å². The summed E-state index contributed by atoms with van der Waals surface area (Å²) in [7, 11) is 0. The number of hydrogen-bond donors (Lipinski definition) is 1. The predicted molar refractivity (Wildman–Crippen MR) is 65.7 cm³/mol. The zero-order valence-electron chi connectivity index (χ0n) is 9.27. The highest BCUT2D eigenvalue weighted by molar-refractivity contribution is 5.86. The molecule has 0 heterocycles. The summed E-state index contributed by atoms with van der Waals surface area (Å²) in [6, 6.07) is 14.9. The van der Waals surface area contributed by atoms with Crippen LogP contribution in [0.1, 0.15) is 25.5 Å². The van der Waals surface area contributed by atoms with E-state index in [4.69, 9.17) is 5.73 Å². The lowest BCUT2D eigenvalue weighted by Crippen LogP contribution is -2.16. The van der Waals surface area contributed by atoms with E-state index in [-0.39, 0.29) is 6.04 Å². The van der Waals surface area contributed by atoms with E-state index in [1.807, 2.05) is 0 Å². The van der Waals surface area contributed by atoms with Gasteiger partial charge in [-0.1, -0.05) is 56.3 Å². The standard InChI is InChI=1S/C14H17N/c1-10(2)14(15)13-9-5-7-11-6-3-4-8-12(11)13/h3-10,14H,15H2,1-2H3/t14-/m0/s1. The Morgan fingerprint density at radius 3 is 2.33 bits per heavy atom. The van der Waals surface area contributed by atoms with Crippen molar-refractivity contribution >= 4 is 10.8 Å². The van der Waals surface area contributed by atoms with Crippen molar-refractivity contribution in [1.29, 1.82) is 0 Å². The Kier molecular flexibility index (Phi) is 2.74. The summed E-state index contributed by atoms with van der Waals surface area (Å²) in [4.78, 5) is 0. The van der Waals surface area contributed by atoms with Crippen LogP contribution in [-0.4, -0.2) is 0 Å². The predicted octanol–water partition coefficient (Wildman–Crippen LogP) is 3.50. The molecule has 1 heteroatoms. The summed E-state index contributed by atoms with van der Waals surface area (Å²) in [5, 5.41) is 2.55. The average molecular weight is 199 g/mol. The van der Waals surface area contributed by atoms with Crippen LogP contribution in [-0.2, 0) is 0 Å². The third-order valence-electron chi connectivity index (χ3n) is 2.90. The quantitative estimate of drug-likeness (QED) is 0.787. The van der Waals surface area contributed by atoms with Gasteiger partial charge in [0.05, 0.1) is 0 Å². The molecule has 0 saturated carbocycles. The van der Waals surface area contributed by atoms with Crippen molar-refractivity contribution in [3.63, 3.8) is 0 Å². The molecule has 15 heavy (non-hydrogen) atoms. The minimum atomic E-state index is 0.121. The highest BCUT2D eigenvalue weighted by Gasteiger charge is 2.12. The van der Waals surface area contributed by atoms with Gasteiger partial charge in [0.1, 0.15) is 0 Å². The Bertz CT molecular complexity index is 454. The first-order valence-electron chi connectivity index (χ1n) is 5.43. The minimum Gasteiger partial charge on any atom is -0.324 e. The second-order valence-electron chi connectivity index (χ2n) is 4.34. The fraction of sp³-hybridized carbons (Fsp3) is 0.286. The third-order valence-corrected chi connectivity index (χ3v) is 2.90. The van der Waals surface area contributed by atoms with Crippen molar-refractivity contribution in [2.75, 3.05) is 0 Å². The highest BCUT2D eigenvalue weighted by Crippen LogP contribution is 2.26. The number of hydrogen-bond acceptors (Lipinski definition) is 1. The first-order valence-corrected chi connectivity index (χ1v) is 5.43. The fourth-order valence-electron chi connectivity index (χ4n) is 1.90. The molecule has 0 fully saturated rings. The smallest absolute Gasteiger partial charge is 0.0324 e. The molecule has 0 aliphatic rings. The van der Waals surface area contributed by atoms with Gasteiger partial charge in [-0.15, -0.1) is 0 Å². The van der Waals surface area contributed by atoms with E-state index in [0.29, 0.717) is 5.92 Å². The van der Waals surface area contributed by atoms with Gasteiger partial charge in [-0.25, -0.2) is 0 Å². The van der Waals surface area contributed by atoms with E-state index in [9.17, 15) is 0 Å². The lowest BCUT2D eigenvalue weighted by atomic mass is 9.92. The second kappa shape index (κ2) is 4.03. The zero-order chi connectivity index (χ0) is 10.8. The van der Waals surface area contributed by atoms with Gasteiger partial charge >= 0.3 is 0 Å². The van der Waals surface area contributed by atoms with E-state index >= 15 is 0 Å². The Morgan fingerprint density at radius 2 is 1.60 bits per heavy atom. The van der Waals surface area contributed by atoms with Crippen molar-refractivity contribution < 1.29 is 0 Å². The van der Waals surface area contributed by atoms with Crippen molar-refractivity contribution in [3.8, 4) is 0 Å². The summed E-state index contributed by atoms with van der Waals surface area (Å²) in [6.45, 7) is 4.32. The number of rotatable bonds is 2. The Hall–Kier alpha value is -1.34. The van der Waals surface area contributed by atoms with Gasteiger partial charge < -0.3 is 5.73 Å². The zero-order valence-corrected chi connectivity index (χ0v) is 9.27. The van der Waals surface area contributed by atoms with Gasteiger partial charge in [-0.2, -0.15) is 0 Å². The van der Waals surface area contributed by atoms with Crippen LogP contribution in [0.3, 0.4) is 0 Å². The van der Waals surface area contributed by atoms with Crippen LogP contribution in [0, 0.1) is 5.92 Å². The molecule has 0 aromatic heterocycles. The summed E-state index contributed by atoms with van der Waals surface area (Å²) < 4.78 is 0. The van der Waals surface area contributed by atoms with E-state index in [1.165, 1.54) is 16.3 Å². The van der Waals surface area contributed by atoms with Gasteiger partial charge in [0.2, 0.25) is 0 Å². The lowest BCUT2D eigenvalue weighted by Gasteiger charge is -2.18. The number of benzene rings is 2. The summed E-state index contributed by atoms with van der Waals surface area (Å²) in [5.74, 6) is 0.468. The molecule has 0 saturated heterocycles. The van der Waals surface area contributed by atoms with E-state index in [1.54, 1.807) is 0 Å². The molecule has 1 nitrogen and oxygen atoms in total. The molecule has 0 aliphatic carbocycles. The molecule has 2 N–H and O–H groups in total. The number of nitrogens with two attached hydrogens (primary N) is 1. The first kappa shape index (κ1) is 10.2. The maximum absolute atomic E-state index is 6.20. The number of fused-ring (bicyclic) bond motifs is 1. The van der Waals surface area contributed by atoms with Crippen molar-refractivity contribution in [3.05, 3.63) is 48.0 Å². The molecule has 2 aromatic rings. The maximum atomic E-state index is 6.20. The second-order valence-corrected chi connectivity index (χ2v) is 4.34. The molecule has 2 rings (SSSR count). The molecule has 0 bridgehead atoms. The van der Waals surface area contributed by atoms with Gasteiger partial charge in [0, 0.05) is 6.04 Å². The molecule has 78 valence electrons. The van der Waals surface area contributed by atoms with Crippen LogP contribution in [0.4, 0.5) is 0 Å². The maximum Gasteiger partial charge on any atom is 0.0324 e. The molecule has 0 radical (unpaired) electrons. The molecule has 0 spiro atoms. The molecular formula is C14H17N. The van der Waals surface area contributed by atoms with Crippen molar-refractivity contribution in [2.24, 2.45) is 11.7 Å². The highest BCUT2D eigenvalue weighted by atomic mass is 14.6. The average Bonchev–Trinajstić information content (AvgIpc) is 2.27. The summed E-state index contributed by atoms with van der Waals surface area (Å²) >= 11 is 0. The van der Waals surface area contributed by atoms with Crippen LogP contribution in [0.5, 0.6) is 0 Å². The third kappa shape index (κ3) is 1.88. The Morgan fingerprint density at radius 1 is 0.933 bits per heavy atom. The fourth-order valence-corrected chi connectivity index (χ4v) is 1.90. The molecular weight excluding hydrogens is 182 g/mol. The van der Waals surface area contributed by atoms with Gasteiger partial charge in [-0.05, 0) is 22.3 Å². The first-order chi connectivity index (χ1) is 7.20. The van der Waals surface area contributed by atoms with Crippen LogP contribution in [0.2, 0.25) is 0 Å². The van der Waals surface area contributed by atoms with E-state index in [2.05, 4.69) is 56.3 Å². The van der Waals surface area contributed by atoms with Crippen LogP contribution in [0.25, 0.3) is 10.8 Å². The molecule has 0 amide bonds. The molecule has 0 aliphatic heterocycles. The minimum absolute atomic E-state index is 0.121. The van der Waals surface area contributed by atoms with Crippen molar-refractivity contribution in [1.82, 2.24) is 0 Å². The van der Waals surface area contributed by atoms with Gasteiger partial charge in [0.25, 0.3) is 0 Å².